The Hall–Kier alpha value is -1.61. The van der Waals surface area contributed by atoms with E-state index in [9.17, 15) is 13.2 Å². The predicted molar refractivity (Wildman–Crippen MR) is 45.6 cm³/mol. The number of rotatable bonds is 3. The molecule has 0 atom stereocenters. The molecule has 0 amide bonds. The number of benzene rings is 1. The highest BCUT2D eigenvalue weighted by atomic mass is 19.4. The van der Waals surface area contributed by atoms with Gasteiger partial charge in [-0.25, -0.2) is 0 Å². The molecular weight excluding hydrogens is 232 g/mol. The molecule has 0 saturated heterocycles. The molecule has 1 rings (SSSR count). The minimum absolute atomic E-state index is 0.412. The summed E-state index contributed by atoms with van der Waals surface area (Å²) < 4.78 is 43.4. The largest absolute Gasteiger partial charge is 0.707 e. The lowest BCUT2D eigenvalue weighted by Crippen LogP contribution is -2.23. The molecule has 0 aliphatic carbocycles. The second-order valence-corrected chi connectivity index (χ2v) is 2.62. The molecule has 1 aromatic carbocycles. The number of aromatic hydroxyl groups is 1. The van der Waals surface area contributed by atoms with Crippen LogP contribution in [0.25, 0.3) is 0 Å². The molecule has 0 spiro atoms. The Labute approximate surface area is 87.8 Å². The van der Waals surface area contributed by atoms with Crippen LogP contribution in [0.2, 0.25) is 0 Å². The number of ether oxygens (including phenoxy) is 1. The first-order valence-corrected chi connectivity index (χ1v) is 3.89. The first kappa shape index (κ1) is 12.5. The topological polar surface area (TPSA) is 79.2 Å². The van der Waals surface area contributed by atoms with Crippen LogP contribution in [0.3, 0.4) is 0 Å². The molecule has 88 valence electrons. The van der Waals surface area contributed by atoms with Gasteiger partial charge < -0.3 is 24.5 Å². The Morgan fingerprint density at radius 2 is 1.75 bits per heavy atom. The first-order chi connectivity index (χ1) is 7.28. The third-order valence-corrected chi connectivity index (χ3v) is 1.39. The van der Waals surface area contributed by atoms with E-state index in [-0.39, 0.29) is 0 Å². The van der Waals surface area contributed by atoms with Crippen LogP contribution in [0.15, 0.2) is 18.2 Å². The molecule has 0 heterocycles. The van der Waals surface area contributed by atoms with E-state index in [0.717, 1.165) is 18.2 Å². The minimum Gasteiger partial charge on any atom is -0.509 e. The Bertz CT molecular complexity index is 368. The molecule has 0 unspecified atom stereocenters. The number of phenols is 1. The van der Waals surface area contributed by atoms with Crippen molar-refractivity contribution >= 4 is 7.32 Å². The van der Waals surface area contributed by atoms with Crippen LogP contribution in [0.1, 0.15) is 0 Å². The summed E-state index contributed by atoms with van der Waals surface area (Å²) in [6, 6.07) is 2.46. The van der Waals surface area contributed by atoms with Crippen LogP contribution in [0, 0.1) is 0 Å². The summed E-state index contributed by atoms with van der Waals surface area (Å²) >= 11 is 0. The van der Waals surface area contributed by atoms with Gasteiger partial charge in [-0.1, -0.05) is 0 Å². The van der Waals surface area contributed by atoms with Crippen molar-refractivity contribution in [2.75, 3.05) is 0 Å². The molecule has 0 aliphatic rings. The average Bonchev–Trinajstić information content (AvgIpc) is 2.06. The van der Waals surface area contributed by atoms with Gasteiger partial charge in [0.2, 0.25) is 0 Å². The number of halogens is 3. The van der Waals surface area contributed by atoms with Gasteiger partial charge in [0.15, 0.2) is 5.75 Å². The normalized spacial score (nSPS) is 11.1. The Morgan fingerprint density at radius 3 is 2.25 bits per heavy atom. The van der Waals surface area contributed by atoms with E-state index in [2.05, 4.69) is 9.39 Å². The van der Waals surface area contributed by atoms with Crippen LogP contribution >= 0.6 is 0 Å². The lowest BCUT2D eigenvalue weighted by atomic mass is 10.2. The number of alkyl halides is 3. The summed E-state index contributed by atoms with van der Waals surface area (Å²) in [6.07, 6.45) is -4.95. The highest BCUT2D eigenvalue weighted by Crippen LogP contribution is 2.34. The van der Waals surface area contributed by atoms with E-state index in [4.69, 9.17) is 15.2 Å². The molecule has 0 radical (unpaired) electrons. The van der Waals surface area contributed by atoms with Gasteiger partial charge in [0.05, 0.1) is 0 Å². The fourth-order valence-corrected chi connectivity index (χ4v) is 0.911. The van der Waals surface area contributed by atoms with Gasteiger partial charge in [0.25, 0.3) is 0 Å². The van der Waals surface area contributed by atoms with Crippen molar-refractivity contribution in [1.82, 2.24) is 0 Å². The fourth-order valence-electron chi connectivity index (χ4n) is 0.911. The van der Waals surface area contributed by atoms with Crippen LogP contribution in [0.5, 0.6) is 17.2 Å². The molecule has 0 fully saturated rings. The van der Waals surface area contributed by atoms with Gasteiger partial charge in [0, 0.05) is 6.07 Å². The minimum atomic E-state index is -4.95. The molecule has 16 heavy (non-hydrogen) atoms. The number of hydrogen-bond donors (Lipinski definition) is 3. The van der Waals surface area contributed by atoms with Crippen LogP contribution in [0.4, 0.5) is 13.2 Å². The third-order valence-electron chi connectivity index (χ3n) is 1.39. The van der Waals surface area contributed by atoms with Gasteiger partial charge in [-0.3, -0.25) is 0 Å². The lowest BCUT2D eigenvalue weighted by Gasteiger charge is -2.13. The van der Waals surface area contributed by atoms with Crippen molar-refractivity contribution in [2.24, 2.45) is 0 Å². The number of hydrogen-bond acceptors (Lipinski definition) is 5. The molecule has 0 aliphatic heterocycles. The van der Waals surface area contributed by atoms with E-state index in [0.29, 0.717) is 0 Å². The quantitative estimate of drug-likeness (QED) is 0.673. The maximum absolute atomic E-state index is 11.9. The van der Waals surface area contributed by atoms with E-state index in [1.54, 1.807) is 0 Å². The van der Waals surface area contributed by atoms with Crippen molar-refractivity contribution in [3.63, 3.8) is 0 Å². The van der Waals surface area contributed by atoms with E-state index in [1.165, 1.54) is 0 Å². The molecule has 1 aromatic rings. The van der Waals surface area contributed by atoms with E-state index < -0.39 is 30.9 Å². The van der Waals surface area contributed by atoms with Crippen molar-refractivity contribution in [2.45, 2.75) is 6.36 Å². The Morgan fingerprint density at radius 1 is 1.12 bits per heavy atom. The van der Waals surface area contributed by atoms with Gasteiger partial charge in [0.1, 0.15) is 11.5 Å². The van der Waals surface area contributed by atoms with E-state index >= 15 is 0 Å². The summed E-state index contributed by atoms with van der Waals surface area (Å²) in [6.45, 7) is 0. The molecule has 0 bridgehead atoms. The van der Waals surface area contributed by atoms with Crippen LogP contribution < -0.4 is 9.39 Å². The second kappa shape index (κ2) is 4.50. The zero-order valence-corrected chi connectivity index (χ0v) is 7.60. The van der Waals surface area contributed by atoms with Crippen molar-refractivity contribution in [1.29, 1.82) is 0 Å². The predicted octanol–water partition coefficient (Wildman–Crippen LogP) is 0.639. The highest BCUT2D eigenvalue weighted by molar-refractivity contribution is 6.33. The molecule has 0 aromatic heterocycles. The molecule has 0 saturated carbocycles. The zero-order valence-electron chi connectivity index (χ0n) is 7.60. The summed E-state index contributed by atoms with van der Waals surface area (Å²) in [5.41, 5.74) is 0. The Kier molecular flexibility index (Phi) is 3.50. The average molecular weight is 238 g/mol. The molecule has 9 heteroatoms. The maximum atomic E-state index is 11.9. The molecular formula is C7H6BF3O5. The Balaban J connectivity index is 2.98. The zero-order chi connectivity index (χ0) is 12.3. The third kappa shape index (κ3) is 3.87. The summed E-state index contributed by atoms with van der Waals surface area (Å²) in [7, 11) is -2.32. The van der Waals surface area contributed by atoms with Gasteiger partial charge >= 0.3 is 13.7 Å². The smallest absolute Gasteiger partial charge is 0.509 e. The SMILES string of the molecule is OB(O)Oc1cc(O)ccc1OC(F)(F)F. The summed E-state index contributed by atoms with van der Waals surface area (Å²) in [4.78, 5) is 0. The lowest BCUT2D eigenvalue weighted by molar-refractivity contribution is -0.275. The van der Waals surface area contributed by atoms with Crippen molar-refractivity contribution in [3.05, 3.63) is 18.2 Å². The van der Waals surface area contributed by atoms with Gasteiger partial charge in [-0.15, -0.1) is 13.2 Å². The van der Waals surface area contributed by atoms with Gasteiger partial charge in [-0.05, 0) is 12.1 Å². The monoisotopic (exact) mass is 238 g/mol. The number of phenolic OH excluding ortho intramolecular Hbond substituents is 1. The summed E-state index contributed by atoms with van der Waals surface area (Å²) in [5, 5.41) is 25.8. The standard InChI is InChI=1S/C7H6BF3O5/c9-7(10,11)15-5-2-1-4(12)3-6(5)16-8(13)14/h1-3,12-14H. The maximum Gasteiger partial charge on any atom is 0.707 e. The first-order valence-electron chi connectivity index (χ1n) is 3.89. The second-order valence-electron chi connectivity index (χ2n) is 2.62. The highest BCUT2D eigenvalue weighted by Gasteiger charge is 2.33. The van der Waals surface area contributed by atoms with Crippen molar-refractivity contribution < 1.29 is 37.7 Å². The van der Waals surface area contributed by atoms with Gasteiger partial charge in [-0.2, -0.15) is 0 Å². The van der Waals surface area contributed by atoms with Crippen LogP contribution in [-0.2, 0) is 0 Å². The summed E-state index contributed by atoms with van der Waals surface area (Å²) in [5.74, 6) is -1.85. The molecule has 5 nitrogen and oxygen atoms in total. The molecule has 3 N–H and O–H groups in total. The van der Waals surface area contributed by atoms with Crippen molar-refractivity contribution in [3.8, 4) is 17.2 Å². The van der Waals surface area contributed by atoms with E-state index in [1.807, 2.05) is 0 Å². The fraction of sp³-hybridized carbons (Fsp3) is 0.143. The van der Waals surface area contributed by atoms with Crippen LogP contribution in [-0.4, -0.2) is 28.8 Å².